The first-order valence-electron chi connectivity index (χ1n) is 6.54. The van der Waals surface area contributed by atoms with Crippen LogP contribution in [0.3, 0.4) is 0 Å². The first-order valence-corrected chi connectivity index (χ1v) is 6.54. The molecule has 1 heterocycles. The molecule has 0 aromatic carbocycles. The normalized spacial score (nSPS) is 19.3. The van der Waals surface area contributed by atoms with E-state index in [0.717, 1.165) is 18.6 Å². The summed E-state index contributed by atoms with van der Waals surface area (Å²) >= 11 is 0. The SMILES string of the molecule is NC(=O)c1cc(C2CCCCCCCC2)on1. The van der Waals surface area contributed by atoms with Gasteiger partial charge in [0.25, 0.3) is 5.91 Å². The van der Waals surface area contributed by atoms with E-state index in [2.05, 4.69) is 5.16 Å². The van der Waals surface area contributed by atoms with Crippen molar-refractivity contribution in [1.29, 1.82) is 0 Å². The lowest BCUT2D eigenvalue weighted by atomic mass is 9.94. The van der Waals surface area contributed by atoms with E-state index in [1.54, 1.807) is 6.07 Å². The number of aromatic nitrogens is 1. The molecule has 17 heavy (non-hydrogen) atoms. The van der Waals surface area contributed by atoms with Crippen molar-refractivity contribution < 1.29 is 9.32 Å². The molecule has 1 aromatic heterocycles. The average molecular weight is 236 g/mol. The van der Waals surface area contributed by atoms with Crippen LogP contribution in [0.4, 0.5) is 0 Å². The van der Waals surface area contributed by atoms with E-state index in [1.807, 2.05) is 0 Å². The molecule has 1 saturated carbocycles. The minimum Gasteiger partial charge on any atom is -0.364 e. The van der Waals surface area contributed by atoms with Gasteiger partial charge in [0.1, 0.15) is 5.76 Å². The standard InChI is InChI=1S/C13H20N2O2/c14-13(16)11-9-12(17-15-11)10-7-5-3-1-2-4-6-8-10/h9-10H,1-8H2,(H2,14,16). The molecule has 94 valence electrons. The van der Waals surface area contributed by atoms with E-state index >= 15 is 0 Å². The number of carbonyl (C=O) groups excluding carboxylic acids is 1. The Labute approximate surface area is 102 Å². The summed E-state index contributed by atoms with van der Waals surface area (Å²) in [6.07, 6.45) is 10.0. The van der Waals surface area contributed by atoms with Crippen molar-refractivity contribution in [3.05, 3.63) is 17.5 Å². The average Bonchev–Trinajstić information content (AvgIpc) is 2.82. The number of nitrogens with zero attached hydrogens (tertiary/aromatic N) is 1. The van der Waals surface area contributed by atoms with Gasteiger partial charge in [-0.05, 0) is 12.8 Å². The summed E-state index contributed by atoms with van der Waals surface area (Å²) < 4.78 is 5.25. The Morgan fingerprint density at radius 2 is 1.76 bits per heavy atom. The summed E-state index contributed by atoms with van der Waals surface area (Å²) in [7, 11) is 0. The molecule has 1 aromatic rings. The van der Waals surface area contributed by atoms with Gasteiger partial charge < -0.3 is 10.3 Å². The van der Waals surface area contributed by atoms with E-state index in [1.165, 1.54) is 38.5 Å². The number of carbonyl (C=O) groups is 1. The summed E-state index contributed by atoms with van der Waals surface area (Å²) in [5, 5.41) is 3.72. The molecule has 0 atom stereocenters. The molecule has 0 saturated heterocycles. The van der Waals surface area contributed by atoms with E-state index in [4.69, 9.17) is 10.3 Å². The molecule has 0 aliphatic heterocycles. The lowest BCUT2D eigenvalue weighted by Gasteiger charge is -2.11. The Kier molecular flexibility index (Phi) is 4.18. The summed E-state index contributed by atoms with van der Waals surface area (Å²) in [6.45, 7) is 0. The Morgan fingerprint density at radius 3 is 2.29 bits per heavy atom. The minimum absolute atomic E-state index is 0.250. The molecule has 1 amide bonds. The van der Waals surface area contributed by atoms with Gasteiger partial charge in [0, 0.05) is 12.0 Å². The zero-order valence-corrected chi connectivity index (χ0v) is 10.2. The number of amides is 1. The van der Waals surface area contributed by atoms with Gasteiger partial charge in [-0.15, -0.1) is 0 Å². The third-order valence-corrected chi connectivity index (χ3v) is 3.54. The molecule has 1 aliphatic carbocycles. The highest BCUT2D eigenvalue weighted by molar-refractivity contribution is 5.90. The van der Waals surface area contributed by atoms with Gasteiger partial charge in [-0.2, -0.15) is 0 Å². The van der Waals surface area contributed by atoms with E-state index in [9.17, 15) is 4.79 Å². The van der Waals surface area contributed by atoms with E-state index in [0.29, 0.717) is 5.92 Å². The van der Waals surface area contributed by atoms with Crippen molar-refractivity contribution in [2.75, 3.05) is 0 Å². The molecule has 0 radical (unpaired) electrons. The first kappa shape index (κ1) is 12.1. The Hall–Kier alpha value is -1.32. The van der Waals surface area contributed by atoms with Gasteiger partial charge in [-0.3, -0.25) is 4.79 Å². The predicted octanol–water partition coefficient (Wildman–Crippen LogP) is 2.99. The van der Waals surface area contributed by atoms with Crippen LogP contribution in [0.1, 0.15) is 73.5 Å². The Morgan fingerprint density at radius 1 is 1.18 bits per heavy atom. The summed E-state index contributed by atoms with van der Waals surface area (Å²) in [4.78, 5) is 11.0. The van der Waals surface area contributed by atoms with Crippen molar-refractivity contribution in [3.63, 3.8) is 0 Å². The molecule has 4 heteroatoms. The van der Waals surface area contributed by atoms with Gasteiger partial charge in [-0.25, -0.2) is 0 Å². The number of hydrogen-bond donors (Lipinski definition) is 1. The third-order valence-electron chi connectivity index (χ3n) is 3.54. The van der Waals surface area contributed by atoms with Gasteiger partial charge in [0.05, 0.1) is 0 Å². The van der Waals surface area contributed by atoms with Crippen LogP contribution in [0.25, 0.3) is 0 Å². The van der Waals surface area contributed by atoms with Gasteiger partial charge in [-0.1, -0.05) is 43.7 Å². The van der Waals surface area contributed by atoms with Crippen molar-refractivity contribution >= 4 is 5.91 Å². The second kappa shape index (κ2) is 5.84. The fraction of sp³-hybridized carbons (Fsp3) is 0.692. The van der Waals surface area contributed by atoms with Gasteiger partial charge >= 0.3 is 0 Å². The van der Waals surface area contributed by atoms with Crippen LogP contribution in [0.15, 0.2) is 10.6 Å². The molecular weight excluding hydrogens is 216 g/mol. The smallest absolute Gasteiger partial charge is 0.270 e. The molecule has 2 rings (SSSR count). The molecule has 0 unspecified atom stereocenters. The maximum absolute atomic E-state index is 11.0. The lowest BCUT2D eigenvalue weighted by Crippen LogP contribution is -2.10. The molecule has 0 bridgehead atoms. The second-order valence-corrected chi connectivity index (χ2v) is 4.87. The lowest BCUT2D eigenvalue weighted by molar-refractivity contribution is 0.0991. The van der Waals surface area contributed by atoms with E-state index in [-0.39, 0.29) is 5.69 Å². The topological polar surface area (TPSA) is 69.1 Å². The fourth-order valence-electron chi connectivity index (χ4n) is 2.52. The minimum atomic E-state index is -0.511. The summed E-state index contributed by atoms with van der Waals surface area (Å²) in [6, 6.07) is 1.71. The van der Waals surface area contributed by atoms with Crippen LogP contribution >= 0.6 is 0 Å². The predicted molar refractivity (Wildman–Crippen MR) is 64.7 cm³/mol. The van der Waals surface area contributed by atoms with Crippen LogP contribution < -0.4 is 5.73 Å². The fourth-order valence-corrected chi connectivity index (χ4v) is 2.52. The number of nitrogens with two attached hydrogens (primary N) is 1. The molecule has 0 spiro atoms. The highest BCUT2D eigenvalue weighted by Crippen LogP contribution is 2.30. The second-order valence-electron chi connectivity index (χ2n) is 4.87. The molecule has 1 aliphatic rings. The van der Waals surface area contributed by atoms with Crippen LogP contribution in [0.5, 0.6) is 0 Å². The number of primary amides is 1. The van der Waals surface area contributed by atoms with Gasteiger partial charge in [0.15, 0.2) is 5.69 Å². The van der Waals surface area contributed by atoms with Gasteiger partial charge in [0.2, 0.25) is 0 Å². The number of rotatable bonds is 2. The molecule has 2 N–H and O–H groups in total. The van der Waals surface area contributed by atoms with Crippen molar-refractivity contribution in [3.8, 4) is 0 Å². The van der Waals surface area contributed by atoms with Crippen LogP contribution in [-0.4, -0.2) is 11.1 Å². The largest absolute Gasteiger partial charge is 0.364 e. The Balaban J connectivity index is 2.04. The quantitative estimate of drug-likeness (QED) is 0.858. The molecular formula is C13H20N2O2. The maximum atomic E-state index is 11.0. The first-order chi connectivity index (χ1) is 8.27. The highest BCUT2D eigenvalue weighted by Gasteiger charge is 2.19. The zero-order chi connectivity index (χ0) is 12.1. The summed E-state index contributed by atoms with van der Waals surface area (Å²) in [5.41, 5.74) is 5.43. The van der Waals surface area contributed by atoms with Crippen LogP contribution in [0.2, 0.25) is 0 Å². The van der Waals surface area contributed by atoms with Crippen molar-refractivity contribution in [2.45, 2.75) is 57.3 Å². The Bertz CT molecular complexity index is 363. The number of hydrogen-bond acceptors (Lipinski definition) is 3. The molecule has 1 fully saturated rings. The highest BCUT2D eigenvalue weighted by atomic mass is 16.5. The molecule has 4 nitrogen and oxygen atoms in total. The van der Waals surface area contributed by atoms with E-state index < -0.39 is 5.91 Å². The zero-order valence-electron chi connectivity index (χ0n) is 10.2. The maximum Gasteiger partial charge on any atom is 0.270 e. The monoisotopic (exact) mass is 236 g/mol. The summed E-state index contributed by atoms with van der Waals surface area (Å²) in [5.74, 6) is 0.734. The van der Waals surface area contributed by atoms with Crippen LogP contribution in [-0.2, 0) is 0 Å². The van der Waals surface area contributed by atoms with Crippen molar-refractivity contribution in [1.82, 2.24) is 5.16 Å². The van der Waals surface area contributed by atoms with Crippen molar-refractivity contribution in [2.24, 2.45) is 5.73 Å². The van der Waals surface area contributed by atoms with Crippen LogP contribution in [0, 0.1) is 0 Å². The third kappa shape index (κ3) is 3.32.